The highest BCUT2D eigenvalue weighted by molar-refractivity contribution is 7.92. The molecule has 0 aromatic heterocycles. The molecule has 4 nitrogen and oxygen atoms in total. The zero-order chi connectivity index (χ0) is 19.1. The van der Waals surface area contributed by atoms with E-state index in [4.69, 9.17) is 4.74 Å². The molecule has 0 saturated heterocycles. The maximum atomic E-state index is 13.4. The Bertz CT molecular complexity index is 1010. The van der Waals surface area contributed by atoms with Gasteiger partial charge in [0, 0.05) is 17.2 Å². The maximum absolute atomic E-state index is 13.4. The van der Waals surface area contributed by atoms with Gasteiger partial charge in [0.2, 0.25) is 10.0 Å². The molecule has 2 aromatic carbocycles. The van der Waals surface area contributed by atoms with Gasteiger partial charge in [-0.2, -0.15) is 0 Å². The van der Waals surface area contributed by atoms with Crippen LogP contribution in [0.3, 0.4) is 0 Å². The minimum absolute atomic E-state index is 0.311. The van der Waals surface area contributed by atoms with E-state index in [9.17, 15) is 12.8 Å². The number of anilines is 1. The number of nitrogens with one attached hydrogen (secondary N) is 1. The molecule has 0 fully saturated rings. The third-order valence-electron chi connectivity index (χ3n) is 4.17. The molecule has 0 saturated carbocycles. The van der Waals surface area contributed by atoms with Gasteiger partial charge in [-0.05, 0) is 49.2 Å². The van der Waals surface area contributed by atoms with Crippen molar-refractivity contribution >= 4 is 21.3 Å². The van der Waals surface area contributed by atoms with Crippen molar-refractivity contribution in [2.75, 3.05) is 11.0 Å². The number of benzene rings is 2. The second kappa shape index (κ2) is 6.29. The van der Waals surface area contributed by atoms with Gasteiger partial charge in [-0.3, -0.25) is 4.72 Å². The van der Waals surface area contributed by atoms with Crippen LogP contribution in [0.5, 0.6) is 5.75 Å². The second-order valence-electron chi connectivity index (χ2n) is 6.70. The minimum atomic E-state index is -3.39. The summed E-state index contributed by atoms with van der Waals surface area (Å²) in [5, 5.41) is 0. The molecule has 1 aliphatic heterocycles. The van der Waals surface area contributed by atoms with Gasteiger partial charge in [0.15, 0.2) is 0 Å². The van der Waals surface area contributed by atoms with Crippen LogP contribution in [-0.2, 0) is 10.0 Å². The van der Waals surface area contributed by atoms with Crippen LogP contribution in [0.4, 0.5) is 10.1 Å². The summed E-state index contributed by atoms with van der Waals surface area (Å²) in [6.45, 7) is 7.73. The molecule has 6 heteroatoms. The van der Waals surface area contributed by atoms with Crippen LogP contribution in [0.2, 0.25) is 0 Å². The summed E-state index contributed by atoms with van der Waals surface area (Å²) in [5.74, 6) is 0.238. The molecule has 1 N–H and O–H groups in total. The highest BCUT2D eigenvalue weighted by Crippen LogP contribution is 2.45. The first kappa shape index (κ1) is 18.2. The summed E-state index contributed by atoms with van der Waals surface area (Å²) in [7, 11) is -3.39. The van der Waals surface area contributed by atoms with Gasteiger partial charge in [0.05, 0.1) is 11.9 Å². The topological polar surface area (TPSA) is 55.4 Å². The van der Waals surface area contributed by atoms with Gasteiger partial charge >= 0.3 is 0 Å². The number of sulfonamides is 1. The summed E-state index contributed by atoms with van der Waals surface area (Å²) in [5.41, 5.74) is 3.13. The Hall–Kier alpha value is -2.60. The molecule has 0 spiro atoms. The quantitative estimate of drug-likeness (QED) is 0.867. The third kappa shape index (κ3) is 3.51. The van der Waals surface area contributed by atoms with Gasteiger partial charge < -0.3 is 4.74 Å². The van der Waals surface area contributed by atoms with Crippen molar-refractivity contribution in [2.24, 2.45) is 0 Å². The first-order valence-electron chi connectivity index (χ1n) is 8.05. The molecule has 1 aliphatic rings. The average molecular weight is 373 g/mol. The van der Waals surface area contributed by atoms with Crippen LogP contribution in [0.1, 0.15) is 25.0 Å². The summed E-state index contributed by atoms with van der Waals surface area (Å²) >= 11 is 0. The summed E-state index contributed by atoms with van der Waals surface area (Å²) in [6.07, 6.45) is 2.83. The summed E-state index contributed by atoms with van der Waals surface area (Å²) < 4.78 is 44.9. The Balaban J connectivity index is 2.22. The number of rotatable bonds is 4. The summed E-state index contributed by atoms with van der Waals surface area (Å²) in [4.78, 5) is 0. The standard InChI is InChI=1S/C20H20FNO3S/c1-5-17-19(13-6-8-14(21)9-7-13)16-11-10-15(22-26(4,23)24)12-18(16)25-20(17,2)3/h5-12,22H,1H2,2-4H3. The molecule has 136 valence electrons. The van der Waals surface area contributed by atoms with E-state index in [1.165, 1.54) is 12.1 Å². The van der Waals surface area contributed by atoms with E-state index in [0.717, 1.165) is 28.5 Å². The van der Waals surface area contributed by atoms with E-state index < -0.39 is 15.6 Å². The molecule has 0 radical (unpaired) electrons. The molecule has 1 heterocycles. The lowest BCUT2D eigenvalue weighted by molar-refractivity contribution is 0.149. The third-order valence-corrected chi connectivity index (χ3v) is 4.78. The van der Waals surface area contributed by atoms with Crippen LogP contribution in [0, 0.1) is 5.82 Å². The van der Waals surface area contributed by atoms with Crippen LogP contribution in [-0.4, -0.2) is 20.3 Å². The van der Waals surface area contributed by atoms with E-state index in [2.05, 4.69) is 11.3 Å². The number of fused-ring (bicyclic) bond motifs is 1. The fourth-order valence-electron chi connectivity index (χ4n) is 3.14. The molecule has 3 rings (SSSR count). The lowest BCUT2D eigenvalue weighted by Gasteiger charge is -2.36. The van der Waals surface area contributed by atoms with E-state index >= 15 is 0 Å². The Morgan fingerprint density at radius 1 is 1.15 bits per heavy atom. The zero-order valence-electron chi connectivity index (χ0n) is 14.8. The van der Waals surface area contributed by atoms with E-state index in [1.54, 1.807) is 36.4 Å². The molecular formula is C20H20FNO3S. The van der Waals surface area contributed by atoms with E-state index in [-0.39, 0.29) is 5.82 Å². The molecule has 2 aromatic rings. The predicted molar refractivity (Wildman–Crippen MR) is 102 cm³/mol. The number of hydrogen-bond acceptors (Lipinski definition) is 3. The predicted octanol–water partition coefficient (Wildman–Crippen LogP) is 4.36. The Morgan fingerprint density at radius 3 is 2.38 bits per heavy atom. The smallest absolute Gasteiger partial charge is 0.229 e. The first-order chi connectivity index (χ1) is 12.1. The zero-order valence-corrected chi connectivity index (χ0v) is 15.7. The summed E-state index contributed by atoms with van der Waals surface area (Å²) in [6, 6.07) is 11.4. The SMILES string of the molecule is C=CC1=C(c2ccc(F)cc2)c2ccc(NS(C)(=O)=O)cc2OC1(C)C. The highest BCUT2D eigenvalue weighted by Gasteiger charge is 2.34. The van der Waals surface area contributed by atoms with Crippen LogP contribution < -0.4 is 9.46 Å². The molecule has 26 heavy (non-hydrogen) atoms. The van der Waals surface area contributed by atoms with Crippen LogP contribution >= 0.6 is 0 Å². The Labute approximate surface area is 153 Å². The van der Waals surface area contributed by atoms with Crippen LogP contribution in [0.15, 0.2) is 60.7 Å². The molecule has 0 atom stereocenters. The largest absolute Gasteiger partial charge is 0.482 e. The minimum Gasteiger partial charge on any atom is -0.482 e. The maximum Gasteiger partial charge on any atom is 0.229 e. The second-order valence-corrected chi connectivity index (χ2v) is 8.45. The molecule has 0 amide bonds. The van der Waals surface area contributed by atoms with Crippen molar-refractivity contribution in [1.82, 2.24) is 0 Å². The molecule has 0 bridgehead atoms. The van der Waals surface area contributed by atoms with Gasteiger partial charge in [-0.1, -0.05) is 24.8 Å². The van der Waals surface area contributed by atoms with Crippen molar-refractivity contribution in [2.45, 2.75) is 19.4 Å². The van der Waals surface area contributed by atoms with Crippen LogP contribution in [0.25, 0.3) is 5.57 Å². The van der Waals surface area contributed by atoms with Crippen molar-refractivity contribution < 1.29 is 17.5 Å². The first-order valence-corrected chi connectivity index (χ1v) is 9.94. The van der Waals surface area contributed by atoms with Crippen molar-refractivity contribution in [3.63, 3.8) is 0 Å². The fraction of sp³-hybridized carbons (Fsp3) is 0.200. The molecule has 0 aliphatic carbocycles. The lowest BCUT2D eigenvalue weighted by Crippen LogP contribution is -2.34. The number of halogens is 1. The van der Waals surface area contributed by atoms with Crippen molar-refractivity contribution in [3.05, 3.63) is 77.6 Å². The van der Waals surface area contributed by atoms with Gasteiger partial charge in [0.1, 0.15) is 17.2 Å². The lowest BCUT2D eigenvalue weighted by atomic mass is 9.82. The van der Waals surface area contributed by atoms with Gasteiger partial charge in [-0.25, -0.2) is 12.8 Å². The molecule has 0 unspecified atom stereocenters. The highest BCUT2D eigenvalue weighted by atomic mass is 32.2. The van der Waals surface area contributed by atoms with Gasteiger partial charge in [0.25, 0.3) is 0 Å². The van der Waals surface area contributed by atoms with Crippen molar-refractivity contribution in [1.29, 1.82) is 0 Å². The monoisotopic (exact) mass is 373 g/mol. The van der Waals surface area contributed by atoms with E-state index in [0.29, 0.717) is 11.4 Å². The van der Waals surface area contributed by atoms with Crippen molar-refractivity contribution in [3.8, 4) is 5.75 Å². The normalized spacial score (nSPS) is 15.8. The fourth-order valence-corrected chi connectivity index (χ4v) is 3.70. The number of hydrogen-bond donors (Lipinski definition) is 1. The Kier molecular flexibility index (Phi) is 4.40. The molecular weight excluding hydrogens is 353 g/mol. The van der Waals surface area contributed by atoms with E-state index in [1.807, 2.05) is 13.8 Å². The van der Waals surface area contributed by atoms with Gasteiger partial charge in [-0.15, -0.1) is 0 Å². The number of ether oxygens (including phenoxy) is 1. The average Bonchev–Trinajstić information content (AvgIpc) is 2.52. The Morgan fingerprint density at radius 2 is 1.81 bits per heavy atom.